The Hall–Kier alpha value is -2.65. The lowest BCUT2D eigenvalue weighted by molar-refractivity contribution is -0.112. The number of rotatable bonds is 5. The van der Waals surface area contributed by atoms with E-state index in [-0.39, 0.29) is 17.4 Å². The fourth-order valence-electron chi connectivity index (χ4n) is 2.02. The molecule has 0 aliphatic carbocycles. The van der Waals surface area contributed by atoms with Crippen LogP contribution >= 0.6 is 15.9 Å². The molecule has 128 valence electrons. The van der Waals surface area contributed by atoms with Crippen molar-refractivity contribution in [2.45, 2.75) is 20.0 Å². The molecule has 0 unspecified atom stereocenters. The van der Waals surface area contributed by atoms with E-state index in [0.717, 1.165) is 0 Å². The Bertz CT molecular complexity index is 857. The van der Waals surface area contributed by atoms with Gasteiger partial charge in [0.1, 0.15) is 23.2 Å². The first-order chi connectivity index (χ1) is 11.9. The normalized spacial score (nSPS) is 11.1. The van der Waals surface area contributed by atoms with Crippen LogP contribution in [0.25, 0.3) is 6.08 Å². The maximum Gasteiger partial charge on any atom is 0.266 e. The number of para-hydroxylation sites is 1. The molecule has 0 aliphatic rings. The molecule has 0 aliphatic heterocycles. The second-order valence-corrected chi connectivity index (χ2v) is 6.31. The van der Waals surface area contributed by atoms with Gasteiger partial charge in [0, 0.05) is 0 Å². The zero-order chi connectivity index (χ0) is 18.4. The highest BCUT2D eigenvalue weighted by Crippen LogP contribution is 2.28. The molecule has 0 heterocycles. The number of hydrogen-bond acceptors (Lipinski definition) is 3. The van der Waals surface area contributed by atoms with E-state index in [9.17, 15) is 14.4 Å². The van der Waals surface area contributed by atoms with Gasteiger partial charge in [-0.1, -0.05) is 18.2 Å². The van der Waals surface area contributed by atoms with E-state index in [1.807, 2.05) is 19.9 Å². The Morgan fingerprint density at radius 2 is 2.04 bits per heavy atom. The summed E-state index contributed by atoms with van der Waals surface area (Å²) in [4.78, 5) is 12.2. The Morgan fingerprint density at radius 3 is 2.64 bits per heavy atom. The lowest BCUT2D eigenvalue weighted by Crippen LogP contribution is -2.14. The SMILES string of the molecule is CC(C)Oc1ccc(/C=C(\C#N)C(=O)Nc2ccccc2F)cc1Br. The minimum atomic E-state index is -0.675. The number of carbonyl (C=O) groups is 1. The van der Waals surface area contributed by atoms with Gasteiger partial charge in [-0.2, -0.15) is 5.26 Å². The molecule has 0 saturated heterocycles. The molecule has 0 bridgehead atoms. The maximum absolute atomic E-state index is 13.6. The number of nitrogens with one attached hydrogen (secondary N) is 1. The molecule has 0 aromatic heterocycles. The summed E-state index contributed by atoms with van der Waals surface area (Å²) in [6, 6.07) is 12.8. The third-order valence-electron chi connectivity index (χ3n) is 3.12. The molecule has 0 spiro atoms. The van der Waals surface area contributed by atoms with Crippen molar-refractivity contribution in [1.82, 2.24) is 0 Å². The van der Waals surface area contributed by atoms with E-state index in [4.69, 9.17) is 4.74 Å². The molecule has 2 aromatic carbocycles. The van der Waals surface area contributed by atoms with Crippen molar-refractivity contribution in [2.75, 3.05) is 5.32 Å². The van der Waals surface area contributed by atoms with Gasteiger partial charge < -0.3 is 10.1 Å². The first-order valence-corrected chi connectivity index (χ1v) is 8.34. The molecule has 4 nitrogen and oxygen atoms in total. The Balaban J connectivity index is 2.22. The summed E-state index contributed by atoms with van der Waals surface area (Å²) >= 11 is 3.40. The minimum absolute atomic E-state index is 0.0236. The first-order valence-electron chi connectivity index (χ1n) is 7.54. The van der Waals surface area contributed by atoms with Crippen LogP contribution in [0.5, 0.6) is 5.75 Å². The van der Waals surface area contributed by atoms with E-state index in [0.29, 0.717) is 15.8 Å². The standard InChI is InChI=1S/C19H16BrFN2O2/c1-12(2)25-18-8-7-13(10-15(18)20)9-14(11-22)19(24)23-17-6-4-3-5-16(17)21/h3-10,12H,1-2H3,(H,23,24)/b14-9+. The number of ether oxygens (including phenoxy) is 1. The van der Waals surface area contributed by atoms with Crippen LogP contribution < -0.4 is 10.1 Å². The second-order valence-electron chi connectivity index (χ2n) is 5.46. The molecule has 0 fully saturated rings. The highest BCUT2D eigenvalue weighted by atomic mass is 79.9. The second kappa shape index (κ2) is 8.45. The quantitative estimate of drug-likeness (QED) is 0.570. The van der Waals surface area contributed by atoms with Crippen LogP contribution in [0.2, 0.25) is 0 Å². The largest absolute Gasteiger partial charge is 0.490 e. The Morgan fingerprint density at radius 1 is 1.32 bits per heavy atom. The average molecular weight is 403 g/mol. The van der Waals surface area contributed by atoms with Crippen LogP contribution in [-0.4, -0.2) is 12.0 Å². The van der Waals surface area contributed by atoms with E-state index in [1.54, 1.807) is 24.3 Å². The number of hydrogen-bond donors (Lipinski definition) is 1. The topological polar surface area (TPSA) is 62.1 Å². The van der Waals surface area contributed by atoms with Crippen molar-refractivity contribution >= 4 is 33.6 Å². The number of nitriles is 1. The van der Waals surface area contributed by atoms with E-state index < -0.39 is 11.7 Å². The molecule has 2 rings (SSSR count). The Labute approximate surface area is 154 Å². The van der Waals surface area contributed by atoms with Gasteiger partial charge in [0.25, 0.3) is 5.91 Å². The number of amides is 1. The van der Waals surface area contributed by atoms with Crippen molar-refractivity contribution in [1.29, 1.82) is 5.26 Å². The monoisotopic (exact) mass is 402 g/mol. The van der Waals surface area contributed by atoms with E-state index in [1.165, 1.54) is 24.3 Å². The van der Waals surface area contributed by atoms with Crippen LogP contribution in [0, 0.1) is 17.1 Å². The number of anilines is 1. The predicted octanol–water partition coefficient (Wildman–Crippen LogP) is 4.92. The van der Waals surface area contributed by atoms with Gasteiger partial charge in [0.2, 0.25) is 0 Å². The van der Waals surface area contributed by atoms with Crippen molar-refractivity contribution < 1.29 is 13.9 Å². The van der Waals surface area contributed by atoms with E-state index >= 15 is 0 Å². The van der Waals surface area contributed by atoms with Gasteiger partial charge in [-0.05, 0) is 65.7 Å². The molecule has 2 aromatic rings. The first kappa shape index (κ1) is 18.7. The molecule has 0 atom stereocenters. The summed E-state index contributed by atoms with van der Waals surface area (Å²) in [7, 11) is 0. The summed E-state index contributed by atoms with van der Waals surface area (Å²) in [6.45, 7) is 3.84. The average Bonchev–Trinajstić information content (AvgIpc) is 2.56. The highest BCUT2D eigenvalue weighted by Gasteiger charge is 2.12. The number of nitrogens with zero attached hydrogens (tertiary/aromatic N) is 1. The van der Waals surface area contributed by atoms with Crippen LogP contribution in [-0.2, 0) is 4.79 Å². The van der Waals surface area contributed by atoms with Gasteiger partial charge in [0.15, 0.2) is 0 Å². The third kappa shape index (κ3) is 5.16. The molecular formula is C19H16BrFN2O2. The molecule has 6 heteroatoms. The third-order valence-corrected chi connectivity index (χ3v) is 3.74. The number of benzene rings is 2. The van der Waals surface area contributed by atoms with Crippen molar-refractivity contribution in [3.05, 3.63) is 63.9 Å². The van der Waals surface area contributed by atoms with Gasteiger partial charge in [-0.3, -0.25) is 4.79 Å². The zero-order valence-corrected chi connectivity index (χ0v) is 15.3. The van der Waals surface area contributed by atoms with Crippen LogP contribution in [0.3, 0.4) is 0 Å². The summed E-state index contributed by atoms with van der Waals surface area (Å²) in [5, 5.41) is 11.6. The molecule has 1 N–H and O–H groups in total. The lowest BCUT2D eigenvalue weighted by atomic mass is 10.1. The lowest BCUT2D eigenvalue weighted by Gasteiger charge is -2.11. The van der Waals surface area contributed by atoms with Crippen LogP contribution in [0.15, 0.2) is 52.5 Å². The molecule has 1 amide bonds. The van der Waals surface area contributed by atoms with Crippen molar-refractivity contribution in [2.24, 2.45) is 0 Å². The summed E-state index contributed by atoms with van der Waals surface area (Å²) < 4.78 is 19.9. The van der Waals surface area contributed by atoms with Gasteiger partial charge in [-0.25, -0.2) is 4.39 Å². The van der Waals surface area contributed by atoms with E-state index in [2.05, 4.69) is 21.2 Å². The Kier molecular flexibility index (Phi) is 6.31. The van der Waals surface area contributed by atoms with Crippen LogP contribution in [0.1, 0.15) is 19.4 Å². The predicted molar refractivity (Wildman–Crippen MR) is 98.5 cm³/mol. The molecule has 25 heavy (non-hydrogen) atoms. The van der Waals surface area contributed by atoms with Crippen LogP contribution in [0.4, 0.5) is 10.1 Å². The van der Waals surface area contributed by atoms with Crippen molar-refractivity contribution in [3.63, 3.8) is 0 Å². The van der Waals surface area contributed by atoms with Crippen molar-refractivity contribution in [3.8, 4) is 11.8 Å². The summed E-state index contributed by atoms with van der Waals surface area (Å²) in [6.07, 6.45) is 1.46. The molecule has 0 radical (unpaired) electrons. The fraction of sp³-hybridized carbons (Fsp3) is 0.158. The summed E-state index contributed by atoms with van der Waals surface area (Å²) in [5.41, 5.74) is 0.534. The maximum atomic E-state index is 13.6. The highest BCUT2D eigenvalue weighted by molar-refractivity contribution is 9.10. The number of halogens is 2. The zero-order valence-electron chi connectivity index (χ0n) is 13.7. The minimum Gasteiger partial charge on any atom is -0.490 e. The number of carbonyl (C=O) groups excluding carboxylic acids is 1. The van der Waals surface area contributed by atoms with Gasteiger partial charge in [-0.15, -0.1) is 0 Å². The van der Waals surface area contributed by atoms with Gasteiger partial charge >= 0.3 is 0 Å². The van der Waals surface area contributed by atoms with Gasteiger partial charge in [0.05, 0.1) is 16.3 Å². The molecular weight excluding hydrogens is 387 g/mol. The fourth-order valence-corrected chi connectivity index (χ4v) is 2.51. The smallest absolute Gasteiger partial charge is 0.266 e. The molecule has 0 saturated carbocycles. The summed E-state index contributed by atoms with van der Waals surface area (Å²) in [5.74, 6) is -0.571.